The Morgan fingerprint density at radius 1 is 1.17 bits per heavy atom. The molecule has 0 radical (unpaired) electrons. The average molecular weight is 333 g/mol. The van der Waals surface area contributed by atoms with Gasteiger partial charge in [-0.3, -0.25) is 4.98 Å². The third-order valence-electron chi connectivity index (χ3n) is 3.66. The number of pyridine rings is 1. The van der Waals surface area contributed by atoms with Crippen LogP contribution in [0.3, 0.4) is 0 Å². The largest absolute Gasteiger partial charge is 0.381 e. The van der Waals surface area contributed by atoms with Gasteiger partial charge in [0.05, 0.1) is 18.1 Å². The molecule has 1 saturated heterocycles. The van der Waals surface area contributed by atoms with E-state index in [4.69, 9.17) is 4.74 Å². The zero-order valence-electron chi connectivity index (χ0n) is 12.7. The van der Waals surface area contributed by atoms with Crippen molar-refractivity contribution in [2.75, 3.05) is 31.6 Å². The van der Waals surface area contributed by atoms with Crippen LogP contribution in [-0.4, -0.2) is 44.0 Å². The van der Waals surface area contributed by atoms with Crippen molar-refractivity contribution in [3.63, 3.8) is 0 Å². The second-order valence-corrected chi connectivity index (χ2v) is 7.20. The van der Waals surface area contributed by atoms with Crippen LogP contribution < -0.4 is 5.32 Å². The summed E-state index contributed by atoms with van der Waals surface area (Å²) in [5.41, 5.74) is 1.80. The lowest BCUT2D eigenvalue weighted by Crippen LogP contribution is -2.40. The standard InChI is InChI=1S/C16H19N3O3S/c20-23(21,19-7-9-22-10-8-19)16-5-1-4-15(11-16)18-13-14-3-2-6-17-12-14/h1-6,11-12,18H,7-10,13H2. The lowest BCUT2D eigenvalue weighted by molar-refractivity contribution is 0.0730. The van der Waals surface area contributed by atoms with E-state index >= 15 is 0 Å². The van der Waals surface area contributed by atoms with Crippen molar-refractivity contribution in [3.8, 4) is 0 Å². The molecule has 2 aromatic rings. The fourth-order valence-corrected chi connectivity index (χ4v) is 3.86. The Bertz CT molecular complexity index is 744. The van der Waals surface area contributed by atoms with E-state index in [1.165, 1.54) is 4.31 Å². The van der Waals surface area contributed by atoms with E-state index in [-0.39, 0.29) is 0 Å². The van der Waals surface area contributed by atoms with E-state index < -0.39 is 10.0 Å². The van der Waals surface area contributed by atoms with Gasteiger partial charge >= 0.3 is 0 Å². The van der Waals surface area contributed by atoms with Crippen molar-refractivity contribution in [2.45, 2.75) is 11.4 Å². The fraction of sp³-hybridized carbons (Fsp3) is 0.312. The number of nitrogens with zero attached hydrogens (tertiary/aromatic N) is 2. The Balaban J connectivity index is 1.74. The van der Waals surface area contributed by atoms with Crippen molar-refractivity contribution >= 4 is 15.7 Å². The smallest absolute Gasteiger partial charge is 0.243 e. The molecule has 23 heavy (non-hydrogen) atoms. The van der Waals surface area contributed by atoms with Gasteiger partial charge in [-0.15, -0.1) is 0 Å². The van der Waals surface area contributed by atoms with E-state index in [0.29, 0.717) is 37.7 Å². The molecule has 3 rings (SSSR count). The Kier molecular flexibility index (Phi) is 4.90. The molecule has 0 atom stereocenters. The van der Waals surface area contributed by atoms with E-state index in [1.807, 2.05) is 18.2 Å². The summed E-state index contributed by atoms with van der Waals surface area (Å²) < 4.78 is 32.0. The molecular formula is C16H19N3O3S. The number of ether oxygens (including phenoxy) is 1. The topological polar surface area (TPSA) is 71.5 Å². The molecule has 2 heterocycles. The van der Waals surface area contributed by atoms with E-state index in [2.05, 4.69) is 10.3 Å². The number of benzene rings is 1. The second kappa shape index (κ2) is 7.08. The zero-order valence-corrected chi connectivity index (χ0v) is 13.5. The first-order valence-electron chi connectivity index (χ1n) is 7.47. The summed E-state index contributed by atoms with van der Waals surface area (Å²) in [7, 11) is -3.47. The van der Waals surface area contributed by atoms with Crippen molar-refractivity contribution < 1.29 is 13.2 Å². The van der Waals surface area contributed by atoms with Crippen LogP contribution >= 0.6 is 0 Å². The maximum Gasteiger partial charge on any atom is 0.243 e. The third kappa shape index (κ3) is 3.87. The molecule has 0 bridgehead atoms. The molecule has 6 nitrogen and oxygen atoms in total. The van der Waals surface area contributed by atoms with Crippen LogP contribution in [-0.2, 0) is 21.3 Å². The summed E-state index contributed by atoms with van der Waals surface area (Å²) in [4.78, 5) is 4.36. The van der Waals surface area contributed by atoms with Gasteiger partial charge in [-0.25, -0.2) is 8.42 Å². The summed E-state index contributed by atoms with van der Waals surface area (Å²) in [6, 6.07) is 10.7. The molecule has 1 N–H and O–H groups in total. The quantitative estimate of drug-likeness (QED) is 0.902. The summed E-state index contributed by atoms with van der Waals surface area (Å²) in [6.07, 6.45) is 3.50. The molecular weight excluding hydrogens is 314 g/mol. The first-order valence-corrected chi connectivity index (χ1v) is 8.91. The summed E-state index contributed by atoms with van der Waals surface area (Å²) in [5.74, 6) is 0. The first kappa shape index (κ1) is 15.9. The highest BCUT2D eigenvalue weighted by atomic mass is 32.2. The van der Waals surface area contributed by atoms with Crippen LogP contribution in [0.15, 0.2) is 53.7 Å². The molecule has 0 spiro atoms. The monoisotopic (exact) mass is 333 g/mol. The number of aromatic nitrogens is 1. The van der Waals surface area contributed by atoms with Crippen molar-refractivity contribution in [2.24, 2.45) is 0 Å². The van der Waals surface area contributed by atoms with Crippen molar-refractivity contribution in [3.05, 3.63) is 54.4 Å². The number of nitrogens with one attached hydrogen (secondary N) is 1. The Labute approximate surface area is 136 Å². The van der Waals surface area contributed by atoms with Gasteiger partial charge in [0.15, 0.2) is 0 Å². The second-order valence-electron chi connectivity index (χ2n) is 5.26. The molecule has 0 saturated carbocycles. The Morgan fingerprint density at radius 2 is 2.00 bits per heavy atom. The fourth-order valence-electron chi connectivity index (χ4n) is 2.41. The lowest BCUT2D eigenvalue weighted by Gasteiger charge is -2.26. The highest BCUT2D eigenvalue weighted by Gasteiger charge is 2.26. The SMILES string of the molecule is O=S(=O)(c1cccc(NCc2cccnc2)c1)N1CCOCC1. The van der Waals surface area contributed by atoms with Gasteiger partial charge in [0.25, 0.3) is 0 Å². The lowest BCUT2D eigenvalue weighted by atomic mass is 10.2. The minimum atomic E-state index is -3.47. The molecule has 1 aliphatic rings. The van der Waals surface area contributed by atoms with E-state index in [1.54, 1.807) is 30.6 Å². The number of hydrogen-bond donors (Lipinski definition) is 1. The van der Waals surface area contributed by atoms with Crippen LogP contribution in [0.25, 0.3) is 0 Å². The summed E-state index contributed by atoms with van der Waals surface area (Å²) in [6.45, 7) is 2.27. The van der Waals surface area contributed by atoms with Gasteiger partial charge in [-0.1, -0.05) is 12.1 Å². The van der Waals surface area contributed by atoms with Gasteiger partial charge in [0.1, 0.15) is 0 Å². The number of morpholine rings is 1. The van der Waals surface area contributed by atoms with Crippen LogP contribution in [0.1, 0.15) is 5.56 Å². The van der Waals surface area contributed by atoms with E-state index in [9.17, 15) is 8.42 Å². The molecule has 0 amide bonds. The molecule has 1 aliphatic heterocycles. The third-order valence-corrected chi connectivity index (χ3v) is 5.56. The normalized spacial score (nSPS) is 16.2. The van der Waals surface area contributed by atoms with Gasteiger partial charge in [-0.05, 0) is 29.8 Å². The zero-order chi connectivity index (χ0) is 16.1. The number of anilines is 1. The van der Waals surface area contributed by atoms with Gasteiger partial charge in [0, 0.05) is 37.7 Å². The van der Waals surface area contributed by atoms with Crippen LogP contribution in [0.2, 0.25) is 0 Å². The molecule has 0 unspecified atom stereocenters. The summed E-state index contributed by atoms with van der Waals surface area (Å²) >= 11 is 0. The number of sulfonamides is 1. The molecule has 122 valence electrons. The first-order chi connectivity index (χ1) is 11.2. The van der Waals surface area contributed by atoms with Gasteiger partial charge in [-0.2, -0.15) is 4.31 Å². The Morgan fingerprint density at radius 3 is 2.74 bits per heavy atom. The van der Waals surface area contributed by atoms with Crippen LogP contribution in [0.5, 0.6) is 0 Å². The van der Waals surface area contributed by atoms with Crippen LogP contribution in [0.4, 0.5) is 5.69 Å². The molecule has 1 aromatic carbocycles. The molecule has 1 fully saturated rings. The van der Waals surface area contributed by atoms with Gasteiger partial charge < -0.3 is 10.1 Å². The summed E-state index contributed by atoms with van der Waals surface area (Å²) in [5, 5.41) is 3.23. The number of hydrogen-bond acceptors (Lipinski definition) is 5. The number of rotatable bonds is 5. The minimum absolute atomic E-state index is 0.301. The highest BCUT2D eigenvalue weighted by Crippen LogP contribution is 2.20. The predicted molar refractivity (Wildman–Crippen MR) is 87.6 cm³/mol. The Hall–Kier alpha value is -1.96. The average Bonchev–Trinajstić information content (AvgIpc) is 2.62. The predicted octanol–water partition coefficient (Wildman–Crippen LogP) is 1.71. The molecule has 1 aromatic heterocycles. The maximum absolute atomic E-state index is 12.6. The van der Waals surface area contributed by atoms with Crippen molar-refractivity contribution in [1.82, 2.24) is 9.29 Å². The minimum Gasteiger partial charge on any atom is -0.381 e. The van der Waals surface area contributed by atoms with Crippen molar-refractivity contribution in [1.29, 1.82) is 0 Å². The maximum atomic E-state index is 12.6. The van der Waals surface area contributed by atoms with E-state index in [0.717, 1.165) is 11.3 Å². The highest BCUT2D eigenvalue weighted by molar-refractivity contribution is 7.89. The molecule has 0 aliphatic carbocycles. The van der Waals surface area contributed by atoms with Crippen LogP contribution in [0, 0.1) is 0 Å². The molecule has 7 heteroatoms. The van der Waals surface area contributed by atoms with Gasteiger partial charge in [0.2, 0.25) is 10.0 Å².